The number of aromatic nitrogens is 1. The minimum Gasteiger partial charge on any atom is -0.495 e. The average molecular weight is 312 g/mol. The Balaban J connectivity index is 2.86. The van der Waals surface area contributed by atoms with Crippen molar-refractivity contribution < 1.29 is 14.3 Å². The highest BCUT2D eigenvalue weighted by molar-refractivity contribution is 9.10. The number of carbonyl (C=O) groups is 1. The first kappa shape index (κ1) is 12.6. The second-order valence-corrected chi connectivity index (χ2v) is 4.39. The lowest BCUT2D eigenvalue weighted by atomic mass is 10.2. The lowest BCUT2D eigenvalue weighted by Crippen LogP contribution is -2.12. The third-order valence-electron chi connectivity index (χ3n) is 2.52. The number of methoxy groups -OCH3 is 2. The van der Waals surface area contributed by atoms with E-state index in [2.05, 4.69) is 25.7 Å². The molecular weight excluding hydrogens is 302 g/mol. The average Bonchev–Trinajstić information content (AvgIpc) is 2.37. The minimum absolute atomic E-state index is 0.0893. The van der Waals surface area contributed by atoms with Crippen LogP contribution in [0.15, 0.2) is 27.5 Å². The molecule has 0 spiro atoms. The minimum atomic E-state index is -0.601. The van der Waals surface area contributed by atoms with Crippen LogP contribution < -0.4 is 10.2 Å². The standard InChI is InChI=1S/C12H10BrNO4/c1-17-9-4-3-6(13)10-8(15)5-7(12(16)18-2)14-11(9)10/h3-5H,1-2H3,(H,14,15). The molecule has 2 rings (SSSR count). The highest BCUT2D eigenvalue weighted by Crippen LogP contribution is 2.28. The van der Waals surface area contributed by atoms with Gasteiger partial charge in [-0.1, -0.05) is 0 Å². The van der Waals surface area contributed by atoms with Gasteiger partial charge in [0.1, 0.15) is 11.4 Å². The van der Waals surface area contributed by atoms with Gasteiger partial charge in [0, 0.05) is 10.5 Å². The molecule has 2 aromatic rings. The third-order valence-corrected chi connectivity index (χ3v) is 3.18. The Labute approximate surface area is 111 Å². The first-order chi connectivity index (χ1) is 8.58. The predicted octanol–water partition coefficient (Wildman–Crippen LogP) is 2.09. The summed E-state index contributed by atoms with van der Waals surface area (Å²) in [6, 6.07) is 4.62. The van der Waals surface area contributed by atoms with Crippen molar-refractivity contribution in [3.05, 3.63) is 38.6 Å². The molecule has 0 aliphatic heterocycles. The number of halogens is 1. The molecule has 0 bridgehead atoms. The number of benzene rings is 1. The number of carbonyl (C=O) groups excluding carboxylic acids is 1. The number of rotatable bonds is 2. The van der Waals surface area contributed by atoms with Crippen LogP contribution >= 0.6 is 15.9 Å². The van der Waals surface area contributed by atoms with E-state index in [4.69, 9.17) is 4.74 Å². The van der Waals surface area contributed by atoms with Gasteiger partial charge in [-0.05, 0) is 28.1 Å². The maximum atomic E-state index is 12.0. The van der Waals surface area contributed by atoms with Crippen LogP contribution in [0.4, 0.5) is 0 Å². The molecule has 0 saturated heterocycles. The predicted molar refractivity (Wildman–Crippen MR) is 70.2 cm³/mol. The van der Waals surface area contributed by atoms with Crippen LogP contribution in [0.5, 0.6) is 5.75 Å². The Morgan fingerprint density at radius 1 is 1.33 bits per heavy atom. The van der Waals surface area contributed by atoms with Gasteiger partial charge in [0.25, 0.3) is 0 Å². The molecule has 0 aliphatic carbocycles. The van der Waals surface area contributed by atoms with Gasteiger partial charge >= 0.3 is 5.97 Å². The molecule has 94 valence electrons. The van der Waals surface area contributed by atoms with Gasteiger partial charge in [-0.3, -0.25) is 4.79 Å². The molecule has 0 atom stereocenters. The second-order valence-electron chi connectivity index (χ2n) is 3.54. The summed E-state index contributed by atoms with van der Waals surface area (Å²) < 4.78 is 10.4. The Hall–Kier alpha value is -1.82. The molecule has 1 N–H and O–H groups in total. The maximum Gasteiger partial charge on any atom is 0.354 e. The van der Waals surface area contributed by atoms with Crippen LogP contribution in [0.1, 0.15) is 10.5 Å². The van der Waals surface area contributed by atoms with Crippen molar-refractivity contribution in [1.29, 1.82) is 0 Å². The zero-order valence-corrected chi connectivity index (χ0v) is 11.3. The van der Waals surface area contributed by atoms with Crippen molar-refractivity contribution in [3.63, 3.8) is 0 Å². The fourth-order valence-electron chi connectivity index (χ4n) is 1.69. The summed E-state index contributed by atoms with van der Waals surface area (Å²) in [6.45, 7) is 0. The molecule has 0 saturated carbocycles. The molecule has 0 fully saturated rings. The van der Waals surface area contributed by atoms with Crippen LogP contribution in [-0.4, -0.2) is 25.2 Å². The van der Waals surface area contributed by atoms with Gasteiger partial charge in [-0.15, -0.1) is 0 Å². The Morgan fingerprint density at radius 2 is 2.06 bits per heavy atom. The summed E-state index contributed by atoms with van der Waals surface area (Å²) in [6.07, 6.45) is 0. The second kappa shape index (κ2) is 4.81. The quantitative estimate of drug-likeness (QED) is 0.862. The number of esters is 1. The van der Waals surface area contributed by atoms with Gasteiger partial charge < -0.3 is 14.5 Å². The topological polar surface area (TPSA) is 68.4 Å². The van der Waals surface area contributed by atoms with Crippen molar-refractivity contribution in [2.75, 3.05) is 14.2 Å². The summed E-state index contributed by atoms with van der Waals surface area (Å²) in [5.74, 6) is -0.118. The van der Waals surface area contributed by atoms with E-state index in [1.54, 1.807) is 12.1 Å². The molecule has 18 heavy (non-hydrogen) atoms. The lowest BCUT2D eigenvalue weighted by molar-refractivity contribution is 0.0594. The molecule has 1 aromatic heterocycles. The summed E-state index contributed by atoms with van der Waals surface area (Å²) >= 11 is 3.30. The normalized spacial score (nSPS) is 10.4. The van der Waals surface area contributed by atoms with Gasteiger partial charge in [-0.25, -0.2) is 4.79 Å². The number of aromatic amines is 1. The van der Waals surface area contributed by atoms with Crippen molar-refractivity contribution in [1.82, 2.24) is 4.98 Å². The monoisotopic (exact) mass is 311 g/mol. The highest BCUT2D eigenvalue weighted by atomic mass is 79.9. The Kier molecular flexibility index (Phi) is 3.38. The number of pyridine rings is 1. The highest BCUT2D eigenvalue weighted by Gasteiger charge is 2.14. The molecule has 1 heterocycles. The van der Waals surface area contributed by atoms with E-state index in [1.165, 1.54) is 20.3 Å². The van der Waals surface area contributed by atoms with Gasteiger partial charge in [-0.2, -0.15) is 0 Å². The van der Waals surface area contributed by atoms with Crippen LogP contribution in [0.25, 0.3) is 10.9 Å². The van der Waals surface area contributed by atoms with E-state index < -0.39 is 5.97 Å². The number of ether oxygens (including phenoxy) is 2. The van der Waals surface area contributed by atoms with Gasteiger partial charge in [0.05, 0.1) is 25.1 Å². The largest absolute Gasteiger partial charge is 0.495 e. The van der Waals surface area contributed by atoms with E-state index in [0.29, 0.717) is 21.1 Å². The van der Waals surface area contributed by atoms with Crippen LogP contribution in [0.3, 0.4) is 0 Å². The Morgan fingerprint density at radius 3 is 2.67 bits per heavy atom. The SMILES string of the molecule is COC(=O)c1cc(=O)c2c(Br)ccc(OC)c2[nH]1. The van der Waals surface area contributed by atoms with Crippen molar-refractivity contribution in [2.24, 2.45) is 0 Å². The number of fused-ring (bicyclic) bond motifs is 1. The maximum absolute atomic E-state index is 12.0. The molecular formula is C12H10BrNO4. The molecule has 0 radical (unpaired) electrons. The van der Waals surface area contributed by atoms with Crippen LogP contribution in [0.2, 0.25) is 0 Å². The molecule has 0 unspecified atom stereocenters. The van der Waals surface area contributed by atoms with Crippen molar-refractivity contribution in [3.8, 4) is 5.75 Å². The van der Waals surface area contributed by atoms with Crippen molar-refractivity contribution in [2.45, 2.75) is 0 Å². The zero-order valence-electron chi connectivity index (χ0n) is 9.74. The molecule has 0 aliphatic rings. The number of H-pyrrole nitrogens is 1. The number of nitrogens with one attached hydrogen (secondary N) is 1. The Bertz CT molecular complexity index is 678. The van der Waals surface area contributed by atoms with Gasteiger partial charge in [0.15, 0.2) is 5.43 Å². The summed E-state index contributed by atoms with van der Waals surface area (Å²) in [7, 11) is 2.74. The lowest BCUT2D eigenvalue weighted by Gasteiger charge is -2.08. The molecule has 0 amide bonds. The first-order valence-electron chi connectivity index (χ1n) is 5.06. The molecule has 1 aromatic carbocycles. The fourth-order valence-corrected chi connectivity index (χ4v) is 2.21. The van der Waals surface area contributed by atoms with E-state index in [1.807, 2.05) is 0 Å². The molecule has 5 nitrogen and oxygen atoms in total. The smallest absolute Gasteiger partial charge is 0.354 e. The number of hydrogen-bond acceptors (Lipinski definition) is 4. The number of hydrogen-bond donors (Lipinski definition) is 1. The van der Waals surface area contributed by atoms with E-state index >= 15 is 0 Å². The fraction of sp³-hybridized carbons (Fsp3) is 0.167. The third kappa shape index (κ3) is 1.99. The summed E-state index contributed by atoms with van der Waals surface area (Å²) in [5.41, 5.74) is 0.265. The first-order valence-corrected chi connectivity index (χ1v) is 5.85. The van der Waals surface area contributed by atoms with Crippen LogP contribution in [0, 0.1) is 0 Å². The van der Waals surface area contributed by atoms with E-state index in [0.717, 1.165) is 0 Å². The van der Waals surface area contributed by atoms with Gasteiger partial charge in [0.2, 0.25) is 0 Å². The van der Waals surface area contributed by atoms with E-state index in [9.17, 15) is 9.59 Å². The summed E-state index contributed by atoms with van der Waals surface area (Å²) in [5, 5.41) is 0.432. The molecule has 6 heteroatoms. The van der Waals surface area contributed by atoms with Crippen molar-refractivity contribution >= 4 is 32.8 Å². The summed E-state index contributed by atoms with van der Waals surface area (Å²) in [4.78, 5) is 26.3. The zero-order chi connectivity index (χ0) is 13.3. The van der Waals surface area contributed by atoms with Crippen LogP contribution in [-0.2, 0) is 4.74 Å². The van der Waals surface area contributed by atoms with E-state index in [-0.39, 0.29) is 11.1 Å².